The van der Waals surface area contributed by atoms with Crippen LogP contribution in [0.4, 0.5) is 0 Å². The van der Waals surface area contributed by atoms with Crippen LogP contribution in [0.5, 0.6) is 0 Å². The van der Waals surface area contributed by atoms with E-state index in [0.29, 0.717) is 67.7 Å². The van der Waals surface area contributed by atoms with Crippen LogP contribution < -0.4 is 0 Å². The molecule has 0 spiro atoms. The molecule has 6 nitrogen and oxygen atoms in total. The third kappa shape index (κ3) is 5.37. The fourth-order valence-corrected chi connectivity index (χ4v) is 5.34. The van der Waals surface area contributed by atoms with Crippen LogP contribution in [-0.4, -0.2) is 49.6 Å². The highest BCUT2D eigenvalue weighted by molar-refractivity contribution is 5.94. The fourth-order valence-electron chi connectivity index (χ4n) is 5.34. The van der Waals surface area contributed by atoms with Gasteiger partial charge in [0.05, 0.1) is 37.6 Å². The summed E-state index contributed by atoms with van der Waals surface area (Å²) >= 11 is 0. The normalized spacial score (nSPS) is 40.0. The molecule has 6 heteroatoms. The minimum absolute atomic E-state index is 0.319. The molecule has 8 atom stereocenters. The van der Waals surface area contributed by atoms with Gasteiger partial charge < -0.3 is 18.9 Å². The lowest BCUT2D eigenvalue weighted by atomic mass is 9.81. The standard InChI is InChI=1S/C24H38O6/c1-4-5-6-7-18(23(25)27-12-16-10-21-19(29-21)8-14(16)2)24(26)28-13-17-11-22-20(30-22)9-15(17)3/h14-22H,4-13H2,1-3H3. The van der Waals surface area contributed by atoms with Crippen molar-refractivity contribution in [3.05, 3.63) is 0 Å². The molecule has 2 heterocycles. The Hall–Kier alpha value is -1.14. The molecule has 2 aliphatic heterocycles. The maximum absolute atomic E-state index is 12.8. The number of rotatable bonds is 10. The molecule has 4 fully saturated rings. The molecule has 0 aromatic heterocycles. The van der Waals surface area contributed by atoms with E-state index < -0.39 is 17.9 Å². The molecule has 0 N–H and O–H groups in total. The predicted molar refractivity (Wildman–Crippen MR) is 111 cm³/mol. The maximum atomic E-state index is 12.8. The SMILES string of the molecule is CCCCCC(C(=O)OCC1CC2OC2CC1C)C(=O)OCC1CC2OC2CC1C. The summed E-state index contributed by atoms with van der Waals surface area (Å²) in [6.45, 7) is 7.27. The van der Waals surface area contributed by atoms with Gasteiger partial charge in [-0.15, -0.1) is 0 Å². The molecule has 0 amide bonds. The molecule has 2 aliphatic carbocycles. The number of unbranched alkanes of at least 4 members (excludes halogenated alkanes) is 2. The average Bonchev–Trinajstić information content (AvgIpc) is 3.63. The molecule has 170 valence electrons. The van der Waals surface area contributed by atoms with Crippen molar-refractivity contribution in [1.82, 2.24) is 0 Å². The van der Waals surface area contributed by atoms with E-state index in [1.165, 1.54) is 0 Å². The first kappa shape index (κ1) is 22.1. The summed E-state index contributed by atoms with van der Waals surface area (Å²) in [5, 5.41) is 0. The number of carbonyl (C=O) groups excluding carboxylic acids is 2. The second-order valence-electron chi connectivity index (χ2n) is 10.2. The third-order valence-corrected chi connectivity index (χ3v) is 7.81. The van der Waals surface area contributed by atoms with E-state index in [4.69, 9.17) is 18.9 Å². The van der Waals surface area contributed by atoms with Crippen LogP contribution in [-0.2, 0) is 28.5 Å². The number of hydrogen-bond acceptors (Lipinski definition) is 6. The van der Waals surface area contributed by atoms with Crippen molar-refractivity contribution in [3.63, 3.8) is 0 Å². The topological polar surface area (TPSA) is 77.7 Å². The van der Waals surface area contributed by atoms with Gasteiger partial charge in [0, 0.05) is 0 Å². The molecule has 30 heavy (non-hydrogen) atoms. The smallest absolute Gasteiger partial charge is 0.320 e. The van der Waals surface area contributed by atoms with Crippen LogP contribution >= 0.6 is 0 Å². The van der Waals surface area contributed by atoms with Crippen molar-refractivity contribution < 1.29 is 28.5 Å². The fraction of sp³-hybridized carbons (Fsp3) is 0.917. The van der Waals surface area contributed by atoms with Gasteiger partial charge >= 0.3 is 11.9 Å². The number of hydrogen-bond donors (Lipinski definition) is 0. The summed E-state index contributed by atoms with van der Waals surface area (Å²) in [7, 11) is 0. The first-order valence-electron chi connectivity index (χ1n) is 12.1. The minimum atomic E-state index is -0.802. The van der Waals surface area contributed by atoms with Crippen molar-refractivity contribution in [3.8, 4) is 0 Å². The summed E-state index contributed by atoms with van der Waals surface area (Å²) in [4.78, 5) is 25.6. The zero-order chi connectivity index (χ0) is 21.3. The molecule has 4 rings (SSSR count). The Morgan fingerprint density at radius 3 is 1.73 bits per heavy atom. The van der Waals surface area contributed by atoms with Gasteiger partial charge in [-0.1, -0.05) is 40.0 Å². The van der Waals surface area contributed by atoms with Crippen LogP contribution in [0.1, 0.15) is 72.1 Å². The van der Waals surface area contributed by atoms with Gasteiger partial charge in [-0.3, -0.25) is 9.59 Å². The monoisotopic (exact) mass is 422 g/mol. The Labute approximate surface area is 180 Å². The highest BCUT2D eigenvalue weighted by Crippen LogP contribution is 2.43. The zero-order valence-corrected chi connectivity index (χ0v) is 18.7. The van der Waals surface area contributed by atoms with Crippen molar-refractivity contribution >= 4 is 11.9 Å². The first-order valence-corrected chi connectivity index (χ1v) is 12.1. The molecule has 0 radical (unpaired) electrons. The van der Waals surface area contributed by atoms with E-state index in [0.717, 1.165) is 44.9 Å². The van der Waals surface area contributed by atoms with Gasteiger partial charge in [0.1, 0.15) is 0 Å². The maximum Gasteiger partial charge on any atom is 0.320 e. The summed E-state index contributed by atoms with van der Waals surface area (Å²) in [5.74, 6) is -0.0289. The van der Waals surface area contributed by atoms with E-state index >= 15 is 0 Å². The molecule has 0 aromatic carbocycles. The summed E-state index contributed by atoms with van der Waals surface area (Å²) in [6.07, 6.45) is 8.91. The summed E-state index contributed by atoms with van der Waals surface area (Å²) in [6, 6.07) is 0. The Morgan fingerprint density at radius 1 is 0.800 bits per heavy atom. The van der Waals surface area contributed by atoms with Crippen LogP contribution in [0.2, 0.25) is 0 Å². The van der Waals surface area contributed by atoms with Crippen LogP contribution in [0.3, 0.4) is 0 Å². The molecule has 4 aliphatic rings. The summed E-state index contributed by atoms with van der Waals surface area (Å²) < 4.78 is 22.6. The Morgan fingerprint density at radius 2 is 1.27 bits per heavy atom. The Bertz CT molecular complexity index is 573. The Kier molecular flexibility index (Phi) is 7.03. The van der Waals surface area contributed by atoms with Gasteiger partial charge in [0.2, 0.25) is 0 Å². The van der Waals surface area contributed by atoms with Gasteiger partial charge in [0.15, 0.2) is 5.92 Å². The molecular formula is C24H38O6. The number of fused-ring (bicyclic) bond motifs is 2. The molecule has 2 saturated heterocycles. The highest BCUT2D eigenvalue weighted by Gasteiger charge is 2.48. The van der Waals surface area contributed by atoms with Gasteiger partial charge in [-0.05, 0) is 55.8 Å². The quantitative estimate of drug-likeness (QED) is 0.230. The molecular weight excluding hydrogens is 384 g/mol. The highest BCUT2D eigenvalue weighted by atomic mass is 16.6. The van der Waals surface area contributed by atoms with E-state index in [-0.39, 0.29) is 0 Å². The minimum Gasteiger partial charge on any atom is -0.465 e. The van der Waals surface area contributed by atoms with E-state index in [1.54, 1.807) is 0 Å². The lowest BCUT2D eigenvalue weighted by molar-refractivity contribution is -0.165. The van der Waals surface area contributed by atoms with Gasteiger partial charge in [-0.2, -0.15) is 0 Å². The number of ether oxygens (including phenoxy) is 4. The second kappa shape index (κ2) is 9.56. The third-order valence-electron chi connectivity index (χ3n) is 7.81. The second-order valence-corrected chi connectivity index (χ2v) is 10.2. The number of epoxide rings is 2. The zero-order valence-electron chi connectivity index (χ0n) is 18.7. The molecule has 8 unspecified atom stereocenters. The van der Waals surface area contributed by atoms with Crippen LogP contribution in [0.25, 0.3) is 0 Å². The van der Waals surface area contributed by atoms with Gasteiger partial charge in [-0.25, -0.2) is 0 Å². The van der Waals surface area contributed by atoms with E-state index in [9.17, 15) is 9.59 Å². The Balaban J connectivity index is 1.26. The molecule has 0 bridgehead atoms. The van der Waals surface area contributed by atoms with Crippen LogP contribution in [0, 0.1) is 29.6 Å². The summed E-state index contributed by atoms with van der Waals surface area (Å²) in [5.41, 5.74) is 0. The molecule has 2 saturated carbocycles. The lowest BCUT2D eigenvalue weighted by Crippen LogP contribution is -2.34. The first-order chi connectivity index (χ1) is 14.5. The molecule has 0 aromatic rings. The largest absolute Gasteiger partial charge is 0.465 e. The number of carbonyl (C=O) groups is 2. The van der Waals surface area contributed by atoms with Gasteiger partial charge in [0.25, 0.3) is 0 Å². The van der Waals surface area contributed by atoms with E-state index in [2.05, 4.69) is 20.8 Å². The van der Waals surface area contributed by atoms with Crippen LogP contribution in [0.15, 0.2) is 0 Å². The van der Waals surface area contributed by atoms with Crippen molar-refractivity contribution in [2.24, 2.45) is 29.6 Å². The lowest BCUT2D eigenvalue weighted by Gasteiger charge is -2.27. The van der Waals surface area contributed by atoms with Crippen molar-refractivity contribution in [1.29, 1.82) is 0 Å². The van der Waals surface area contributed by atoms with E-state index in [1.807, 2.05) is 0 Å². The average molecular weight is 423 g/mol. The number of esters is 2. The van der Waals surface area contributed by atoms with Crippen molar-refractivity contribution in [2.45, 2.75) is 96.6 Å². The predicted octanol–water partition coefficient (Wildman–Crippen LogP) is 3.90. The van der Waals surface area contributed by atoms with Crippen molar-refractivity contribution in [2.75, 3.05) is 13.2 Å².